The fraction of sp³-hybridized carbons (Fsp3) is 0.889. The Kier molecular flexibility index (Phi) is 4.60. The third-order valence-electron chi connectivity index (χ3n) is 2.64. The molecule has 1 fully saturated rings. The van der Waals surface area contributed by atoms with Crippen LogP contribution in [0.2, 0.25) is 0 Å². The smallest absolute Gasteiger partial charge is 0.362 e. The predicted molar refractivity (Wildman–Crippen MR) is 56.7 cm³/mol. The van der Waals surface area contributed by atoms with Crippen LogP contribution in [0, 0.1) is 0 Å². The molecule has 0 radical (unpaired) electrons. The lowest BCUT2D eigenvalue weighted by Gasteiger charge is -2.23. The summed E-state index contributed by atoms with van der Waals surface area (Å²) < 4.78 is 62.0. The number of sulfone groups is 1. The van der Waals surface area contributed by atoms with Crippen LogP contribution in [0.1, 0.15) is 6.42 Å². The zero-order valence-electron chi connectivity index (χ0n) is 9.74. The van der Waals surface area contributed by atoms with E-state index in [1.165, 1.54) is 7.05 Å². The van der Waals surface area contributed by atoms with E-state index in [0.29, 0.717) is 6.42 Å². The van der Waals surface area contributed by atoms with Crippen LogP contribution in [0.15, 0.2) is 0 Å². The first-order chi connectivity index (χ1) is 8.11. The molecule has 0 spiro atoms. The molecule has 1 heterocycles. The van der Waals surface area contributed by atoms with E-state index < -0.39 is 41.2 Å². The van der Waals surface area contributed by atoms with E-state index in [-0.39, 0.29) is 11.5 Å². The summed E-state index contributed by atoms with van der Waals surface area (Å²) in [4.78, 5) is 12.6. The van der Waals surface area contributed by atoms with Gasteiger partial charge in [0.25, 0.3) is 0 Å². The van der Waals surface area contributed by atoms with Gasteiger partial charge in [0.1, 0.15) is 13.2 Å². The number of halogens is 3. The molecule has 0 bridgehead atoms. The Bertz CT molecular complexity index is 407. The van der Waals surface area contributed by atoms with Gasteiger partial charge in [0.05, 0.1) is 11.5 Å². The van der Waals surface area contributed by atoms with Crippen LogP contribution in [-0.4, -0.2) is 63.2 Å². The zero-order chi connectivity index (χ0) is 14.0. The van der Waals surface area contributed by atoms with Crippen LogP contribution in [-0.2, 0) is 19.4 Å². The molecular weight excluding hydrogens is 275 g/mol. The molecule has 5 nitrogen and oxygen atoms in total. The summed E-state index contributed by atoms with van der Waals surface area (Å²) in [7, 11) is -1.77. The van der Waals surface area contributed by atoms with E-state index in [1.807, 2.05) is 0 Å². The fourth-order valence-electron chi connectivity index (χ4n) is 1.64. The van der Waals surface area contributed by atoms with Crippen LogP contribution in [0.25, 0.3) is 0 Å². The van der Waals surface area contributed by atoms with Crippen molar-refractivity contribution in [3.63, 3.8) is 0 Å². The molecule has 0 aromatic heterocycles. The monoisotopic (exact) mass is 289 g/mol. The number of hydrogen-bond donors (Lipinski definition) is 0. The average molecular weight is 289 g/mol. The van der Waals surface area contributed by atoms with Gasteiger partial charge in [0, 0.05) is 13.1 Å². The zero-order valence-corrected chi connectivity index (χ0v) is 10.6. The maximum Gasteiger partial charge on any atom is 0.411 e. The van der Waals surface area contributed by atoms with E-state index in [2.05, 4.69) is 4.74 Å². The van der Waals surface area contributed by atoms with Gasteiger partial charge in [0.15, 0.2) is 9.84 Å². The Hall–Kier alpha value is -0.830. The Morgan fingerprint density at radius 2 is 2.06 bits per heavy atom. The van der Waals surface area contributed by atoms with Gasteiger partial charge in [-0.05, 0) is 6.42 Å². The van der Waals surface area contributed by atoms with E-state index >= 15 is 0 Å². The molecule has 1 atom stereocenters. The summed E-state index contributed by atoms with van der Waals surface area (Å²) in [6.45, 7) is -2.19. The van der Waals surface area contributed by atoms with Crippen molar-refractivity contribution in [2.45, 2.75) is 18.6 Å². The highest BCUT2D eigenvalue weighted by atomic mass is 32.2. The quantitative estimate of drug-likeness (QED) is 0.742. The standard InChI is InChI=1S/C9H14F3NO4S/c1-13(7-2-3-18(15,16)5-7)8(14)4-17-6-9(10,11)12/h7H,2-6H2,1H3/t7-/m1/s1. The van der Waals surface area contributed by atoms with E-state index in [0.717, 1.165) is 4.90 Å². The van der Waals surface area contributed by atoms with Gasteiger partial charge in [-0.15, -0.1) is 0 Å². The first kappa shape index (κ1) is 15.2. The summed E-state index contributed by atoms with van der Waals surface area (Å²) in [6.07, 6.45) is -4.17. The normalized spacial score (nSPS) is 23.0. The lowest BCUT2D eigenvalue weighted by Crippen LogP contribution is -2.40. The third kappa shape index (κ3) is 4.81. The molecule has 0 N–H and O–H groups in total. The Morgan fingerprint density at radius 3 is 2.50 bits per heavy atom. The molecule has 0 aliphatic carbocycles. The third-order valence-corrected chi connectivity index (χ3v) is 4.39. The largest absolute Gasteiger partial charge is 0.411 e. The van der Waals surface area contributed by atoms with Gasteiger partial charge in [0.2, 0.25) is 5.91 Å². The summed E-state index contributed by atoms with van der Waals surface area (Å²) in [6, 6.07) is -0.475. The first-order valence-electron chi connectivity index (χ1n) is 5.21. The maximum atomic E-state index is 11.8. The molecule has 1 amide bonds. The lowest BCUT2D eigenvalue weighted by atomic mass is 10.2. The Labute approximate surface area is 103 Å². The number of amides is 1. The molecule has 9 heteroatoms. The van der Waals surface area contributed by atoms with Crippen molar-refractivity contribution in [2.24, 2.45) is 0 Å². The van der Waals surface area contributed by atoms with Crippen LogP contribution >= 0.6 is 0 Å². The average Bonchev–Trinajstić information content (AvgIpc) is 2.55. The highest BCUT2D eigenvalue weighted by Gasteiger charge is 2.33. The minimum absolute atomic E-state index is 0.00129. The van der Waals surface area contributed by atoms with Crippen molar-refractivity contribution < 1.29 is 31.1 Å². The van der Waals surface area contributed by atoms with Gasteiger partial charge in [-0.2, -0.15) is 13.2 Å². The number of nitrogens with zero attached hydrogens (tertiary/aromatic N) is 1. The molecule has 1 saturated heterocycles. The van der Waals surface area contributed by atoms with E-state index in [4.69, 9.17) is 0 Å². The molecule has 0 unspecified atom stereocenters. The van der Waals surface area contributed by atoms with Crippen molar-refractivity contribution in [1.82, 2.24) is 4.90 Å². The summed E-state index contributed by atoms with van der Waals surface area (Å²) in [5, 5.41) is 0. The maximum absolute atomic E-state index is 11.8. The molecule has 106 valence electrons. The van der Waals surface area contributed by atoms with Crippen molar-refractivity contribution in [2.75, 3.05) is 31.8 Å². The number of carbonyl (C=O) groups is 1. The van der Waals surface area contributed by atoms with Crippen LogP contribution in [0.5, 0.6) is 0 Å². The lowest BCUT2D eigenvalue weighted by molar-refractivity contribution is -0.177. The summed E-state index contributed by atoms with van der Waals surface area (Å²) >= 11 is 0. The van der Waals surface area contributed by atoms with Crippen LogP contribution in [0.3, 0.4) is 0 Å². The van der Waals surface area contributed by atoms with Gasteiger partial charge in [-0.3, -0.25) is 4.79 Å². The van der Waals surface area contributed by atoms with Crippen molar-refractivity contribution in [3.05, 3.63) is 0 Å². The van der Waals surface area contributed by atoms with Crippen LogP contribution < -0.4 is 0 Å². The Morgan fingerprint density at radius 1 is 1.44 bits per heavy atom. The van der Waals surface area contributed by atoms with E-state index in [9.17, 15) is 26.4 Å². The van der Waals surface area contributed by atoms with Gasteiger partial charge in [-0.25, -0.2) is 8.42 Å². The fourth-order valence-corrected chi connectivity index (χ4v) is 3.41. The first-order valence-corrected chi connectivity index (χ1v) is 7.03. The predicted octanol–water partition coefficient (Wildman–Crippen LogP) is 0.211. The number of hydrogen-bond acceptors (Lipinski definition) is 4. The Balaban J connectivity index is 2.38. The minimum Gasteiger partial charge on any atom is -0.362 e. The number of ether oxygens (including phenoxy) is 1. The second-order valence-electron chi connectivity index (χ2n) is 4.17. The highest BCUT2D eigenvalue weighted by Crippen LogP contribution is 2.17. The van der Waals surface area contributed by atoms with E-state index in [1.54, 1.807) is 0 Å². The SMILES string of the molecule is CN(C(=O)COCC(F)(F)F)[C@@H]1CCS(=O)(=O)C1. The van der Waals surface area contributed by atoms with Gasteiger partial charge >= 0.3 is 6.18 Å². The number of carbonyl (C=O) groups excluding carboxylic acids is 1. The van der Waals surface area contributed by atoms with Gasteiger partial charge in [-0.1, -0.05) is 0 Å². The second kappa shape index (κ2) is 5.43. The molecule has 0 saturated carbocycles. The molecule has 1 rings (SSSR count). The van der Waals surface area contributed by atoms with Crippen molar-refractivity contribution >= 4 is 15.7 Å². The molecular formula is C9H14F3NO4S. The minimum atomic E-state index is -4.48. The molecule has 18 heavy (non-hydrogen) atoms. The summed E-state index contributed by atoms with van der Waals surface area (Å²) in [5.74, 6) is -0.797. The molecule has 1 aliphatic heterocycles. The van der Waals surface area contributed by atoms with Crippen molar-refractivity contribution in [1.29, 1.82) is 0 Å². The van der Waals surface area contributed by atoms with Gasteiger partial charge < -0.3 is 9.64 Å². The van der Waals surface area contributed by atoms with Crippen LogP contribution in [0.4, 0.5) is 13.2 Å². The van der Waals surface area contributed by atoms with Crippen molar-refractivity contribution in [3.8, 4) is 0 Å². The highest BCUT2D eigenvalue weighted by molar-refractivity contribution is 7.91. The number of rotatable bonds is 4. The second-order valence-corrected chi connectivity index (χ2v) is 6.40. The number of alkyl halides is 3. The molecule has 0 aromatic rings. The summed E-state index contributed by atoms with van der Waals surface area (Å²) in [5.41, 5.74) is 0. The number of likely N-dealkylation sites (N-methyl/N-ethyl adjacent to an activating group) is 1. The molecule has 0 aromatic carbocycles. The topological polar surface area (TPSA) is 63.7 Å². The molecule has 1 aliphatic rings.